The van der Waals surface area contributed by atoms with Gasteiger partial charge in [0.2, 0.25) is 5.91 Å². The molecule has 5 nitrogen and oxygen atoms in total. The summed E-state index contributed by atoms with van der Waals surface area (Å²) in [6.45, 7) is 2.19. The Balaban J connectivity index is 1.81. The molecular formula is C16H21N3O2. The Kier molecular flexibility index (Phi) is 4.75. The monoisotopic (exact) mass is 287 g/mol. The van der Waals surface area contributed by atoms with E-state index < -0.39 is 5.60 Å². The highest BCUT2D eigenvalue weighted by molar-refractivity contribution is 5.77. The quantitative estimate of drug-likeness (QED) is 0.843. The summed E-state index contributed by atoms with van der Waals surface area (Å²) in [6.07, 6.45) is 4.48. The predicted molar refractivity (Wildman–Crippen MR) is 80.6 cm³/mol. The number of hydrogen-bond donors (Lipinski definition) is 2. The lowest BCUT2D eigenvalue weighted by molar-refractivity contribution is -0.125. The molecule has 1 heterocycles. The molecule has 0 saturated heterocycles. The van der Waals surface area contributed by atoms with E-state index in [1.54, 1.807) is 17.8 Å². The third-order valence-electron chi connectivity index (χ3n) is 3.39. The van der Waals surface area contributed by atoms with Crippen molar-refractivity contribution in [3.8, 4) is 0 Å². The first kappa shape index (κ1) is 15.3. The molecule has 0 aliphatic carbocycles. The van der Waals surface area contributed by atoms with Gasteiger partial charge in [-0.1, -0.05) is 30.3 Å². The minimum Gasteiger partial charge on any atom is -0.385 e. The molecule has 0 saturated carbocycles. The van der Waals surface area contributed by atoms with Gasteiger partial charge < -0.3 is 10.4 Å². The van der Waals surface area contributed by atoms with E-state index in [1.165, 1.54) is 0 Å². The number of aliphatic hydroxyl groups is 1. The molecule has 21 heavy (non-hydrogen) atoms. The summed E-state index contributed by atoms with van der Waals surface area (Å²) in [5.41, 5.74) is 0.666. The Labute approximate surface area is 124 Å². The molecule has 2 aromatic rings. The Hall–Kier alpha value is -2.14. The van der Waals surface area contributed by atoms with Crippen LogP contribution in [0.5, 0.6) is 0 Å². The van der Waals surface area contributed by atoms with Gasteiger partial charge in [-0.3, -0.25) is 9.48 Å². The second-order valence-electron chi connectivity index (χ2n) is 5.44. The number of nitrogens with zero attached hydrogens (tertiary/aromatic N) is 2. The SMILES string of the molecule is Cn1cc(CCNC(=O)CC(C)(O)c2ccccc2)cn1. The van der Waals surface area contributed by atoms with E-state index in [0.29, 0.717) is 6.54 Å². The molecule has 1 aromatic heterocycles. The van der Waals surface area contributed by atoms with Gasteiger partial charge in [-0.25, -0.2) is 0 Å². The van der Waals surface area contributed by atoms with E-state index >= 15 is 0 Å². The molecule has 1 aromatic carbocycles. The van der Waals surface area contributed by atoms with Crippen LogP contribution in [0, 0.1) is 0 Å². The molecule has 2 rings (SSSR count). The molecule has 1 unspecified atom stereocenters. The maximum atomic E-state index is 11.9. The minimum absolute atomic E-state index is 0.0457. The second kappa shape index (κ2) is 6.54. The van der Waals surface area contributed by atoms with Crippen molar-refractivity contribution in [3.63, 3.8) is 0 Å². The van der Waals surface area contributed by atoms with Crippen LogP contribution in [0.3, 0.4) is 0 Å². The van der Waals surface area contributed by atoms with Crippen molar-refractivity contribution in [2.75, 3.05) is 6.54 Å². The Morgan fingerprint density at radius 3 is 2.71 bits per heavy atom. The summed E-state index contributed by atoms with van der Waals surface area (Å²) in [6, 6.07) is 9.23. The standard InChI is InChI=1S/C16H21N3O2/c1-16(21,14-6-4-3-5-7-14)10-15(20)17-9-8-13-11-18-19(2)12-13/h3-7,11-12,21H,8-10H2,1-2H3,(H,17,20). The van der Waals surface area contributed by atoms with Crippen molar-refractivity contribution in [3.05, 3.63) is 53.9 Å². The van der Waals surface area contributed by atoms with Gasteiger partial charge in [0, 0.05) is 19.8 Å². The lowest BCUT2D eigenvalue weighted by Gasteiger charge is -2.23. The van der Waals surface area contributed by atoms with Gasteiger partial charge >= 0.3 is 0 Å². The molecule has 1 amide bonds. The van der Waals surface area contributed by atoms with Crippen LogP contribution in [0.4, 0.5) is 0 Å². The van der Waals surface area contributed by atoms with Crippen LogP contribution in [0.2, 0.25) is 0 Å². The fourth-order valence-corrected chi connectivity index (χ4v) is 2.22. The Bertz CT molecular complexity index is 591. The van der Waals surface area contributed by atoms with E-state index in [9.17, 15) is 9.90 Å². The number of carbonyl (C=O) groups excluding carboxylic acids is 1. The lowest BCUT2D eigenvalue weighted by atomic mass is 9.92. The Morgan fingerprint density at radius 2 is 2.10 bits per heavy atom. The summed E-state index contributed by atoms with van der Waals surface area (Å²) >= 11 is 0. The van der Waals surface area contributed by atoms with Crippen molar-refractivity contribution in [2.24, 2.45) is 7.05 Å². The number of benzene rings is 1. The zero-order valence-electron chi connectivity index (χ0n) is 12.4. The predicted octanol–water partition coefficient (Wildman–Crippen LogP) is 1.38. The first-order valence-corrected chi connectivity index (χ1v) is 6.99. The van der Waals surface area contributed by atoms with Gasteiger partial charge in [0.15, 0.2) is 0 Å². The zero-order valence-corrected chi connectivity index (χ0v) is 12.4. The molecule has 5 heteroatoms. The maximum absolute atomic E-state index is 11.9. The number of hydrogen-bond acceptors (Lipinski definition) is 3. The number of nitrogens with one attached hydrogen (secondary N) is 1. The van der Waals surface area contributed by atoms with Crippen LogP contribution in [-0.4, -0.2) is 27.3 Å². The second-order valence-corrected chi connectivity index (χ2v) is 5.44. The van der Waals surface area contributed by atoms with E-state index in [2.05, 4.69) is 10.4 Å². The third kappa shape index (κ3) is 4.43. The van der Waals surface area contributed by atoms with E-state index in [0.717, 1.165) is 17.5 Å². The van der Waals surface area contributed by atoms with Gasteiger partial charge in [0.1, 0.15) is 0 Å². The van der Waals surface area contributed by atoms with Crippen LogP contribution >= 0.6 is 0 Å². The Morgan fingerprint density at radius 1 is 1.38 bits per heavy atom. The molecule has 0 radical (unpaired) electrons. The van der Waals surface area contributed by atoms with Crippen LogP contribution in [-0.2, 0) is 23.9 Å². The molecule has 0 fully saturated rings. The van der Waals surface area contributed by atoms with Crippen LogP contribution in [0.15, 0.2) is 42.7 Å². The number of aromatic nitrogens is 2. The smallest absolute Gasteiger partial charge is 0.223 e. The lowest BCUT2D eigenvalue weighted by Crippen LogP contribution is -2.33. The summed E-state index contributed by atoms with van der Waals surface area (Å²) in [7, 11) is 1.86. The zero-order chi connectivity index (χ0) is 15.3. The van der Waals surface area contributed by atoms with Crippen molar-refractivity contribution >= 4 is 5.91 Å². The van der Waals surface area contributed by atoms with Gasteiger partial charge in [-0.05, 0) is 24.5 Å². The number of carbonyl (C=O) groups is 1. The first-order valence-electron chi connectivity index (χ1n) is 6.99. The molecule has 1 atom stereocenters. The highest BCUT2D eigenvalue weighted by Gasteiger charge is 2.26. The van der Waals surface area contributed by atoms with Crippen molar-refractivity contribution < 1.29 is 9.90 Å². The van der Waals surface area contributed by atoms with Gasteiger partial charge in [-0.15, -0.1) is 0 Å². The summed E-state index contributed by atoms with van der Waals surface area (Å²) in [4.78, 5) is 11.9. The highest BCUT2D eigenvalue weighted by atomic mass is 16.3. The summed E-state index contributed by atoms with van der Waals surface area (Å²) < 4.78 is 1.73. The fraction of sp³-hybridized carbons (Fsp3) is 0.375. The number of aryl methyl sites for hydroxylation is 1. The largest absolute Gasteiger partial charge is 0.385 e. The van der Waals surface area contributed by atoms with Gasteiger partial charge in [0.05, 0.1) is 18.2 Å². The fourth-order valence-electron chi connectivity index (χ4n) is 2.22. The van der Waals surface area contributed by atoms with E-state index in [1.807, 2.05) is 43.6 Å². The number of amides is 1. The first-order chi connectivity index (χ1) is 9.97. The van der Waals surface area contributed by atoms with Crippen molar-refractivity contribution in [1.82, 2.24) is 15.1 Å². The molecule has 0 aliphatic rings. The molecule has 0 spiro atoms. The average Bonchev–Trinajstić information content (AvgIpc) is 2.85. The van der Waals surface area contributed by atoms with E-state index in [-0.39, 0.29) is 12.3 Å². The highest BCUT2D eigenvalue weighted by Crippen LogP contribution is 2.23. The van der Waals surface area contributed by atoms with Crippen molar-refractivity contribution in [2.45, 2.75) is 25.4 Å². The van der Waals surface area contributed by atoms with Crippen LogP contribution in [0.25, 0.3) is 0 Å². The summed E-state index contributed by atoms with van der Waals surface area (Å²) in [5, 5.41) is 17.3. The van der Waals surface area contributed by atoms with Gasteiger partial charge in [-0.2, -0.15) is 5.10 Å². The average molecular weight is 287 g/mol. The maximum Gasteiger partial charge on any atom is 0.223 e. The van der Waals surface area contributed by atoms with Gasteiger partial charge in [0.25, 0.3) is 0 Å². The third-order valence-corrected chi connectivity index (χ3v) is 3.39. The van der Waals surface area contributed by atoms with E-state index in [4.69, 9.17) is 0 Å². The van der Waals surface area contributed by atoms with Crippen LogP contribution in [0.1, 0.15) is 24.5 Å². The molecule has 0 aliphatic heterocycles. The molecule has 0 bridgehead atoms. The normalized spacial score (nSPS) is 13.7. The molecule has 112 valence electrons. The number of rotatable bonds is 6. The summed E-state index contributed by atoms with van der Waals surface area (Å²) in [5.74, 6) is -0.159. The molecular weight excluding hydrogens is 266 g/mol. The minimum atomic E-state index is -1.15. The van der Waals surface area contributed by atoms with Crippen molar-refractivity contribution in [1.29, 1.82) is 0 Å². The topological polar surface area (TPSA) is 67.2 Å². The molecule has 2 N–H and O–H groups in total. The van der Waals surface area contributed by atoms with Crippen LogP contribution < -0.4 is 5.32 Å².